The number of anilines is 1. The summed E-state index contributed by atoms with van der Waals surface area (Å²) < 4.78 is 5.04. The van der Waals surface area contributed by atoms with Crippen LogP contribution in [0.1, 0.15) is 0 Å². The fourth-order valence-electron chi connectivity index (χ4n) is 0.842. The zero-order chi connectivity index (χ0) is 8.27. The molecule has 0 aromatic heterocycles. The first-order valence-corrected chi connectivity index (χ1v) is 3.77. The lowest BCUT2D eigenvalue weighted by atomic mass is 10.3. The van der Waals surface area contributed by atoms with Crippen LogP contribution < -0.4 is 10.1 Å². The van der Waals surface area contributed by atoms with Crippen molar-refractivity contribution >= 4 is 18.3 Å². The normalized spacial score (nSPS) is 9.36. The first kappa shape index (κ1) is 8.27. The molecule has 1 aromatic carbocycles. The molecule has 2 nitrogen and oxygen atoms in total. The van der Waals surface area contributed by atoms with Crippen LogP contribution in [0.5, 0.6) is 5.75 Å². The quantitative estimate of drug-likeness (QED) is 0.661. The highest BCUT2D eigenvalue weighted by Gasteiger charge is 1.97. The van der Waals surface area contributed by atoms with Crippen molar-refractivity contribution in [2.24, 2.45) is 0 Å². The second kappa shape index (κ2) is 3.53. The lowest BCUT2D eigenvalue weighted by molar-refractivity contribution is 0.414. The molecule has 1 N–H and O–H groups in total. The summed E-state index contributed by atoms with van der Waals surface area (Å²) in [7, 11) is 3.50. The molecule has 0 bridgehead atoms. The Morgan fingerprint density at radius 1 is 1.45 bits per heavy atom. The predicted octanol–water partition coefficient (Wildman–Crippen LogP) is 2.03. The number of thiol groups is 1. The third kappa shape index (κ3) is 1.80. The molecular weight excluding hydrogens is 158 g/mol. The molecule has 0 atom stereocenters. The van der Waals surface area contributed by atoms with E-state index in [1.165, 1.54) is 0 Å². The van der Waals surface area contributed by atoms with Crippen LogP contribution in [-0.2, 0) is 0 Å². The van der Waals surface area contributed by atoms with Gasteiger partial charge in [-0.15, -0.1) is 12.6 Å². The molecule has 0 unspecified atom stereocenters. The minimum Gasteiger partial charge on any atom is -0.497 e. The number of ether oxygens (including phenoxy) is 1. The van der Waals surface area contributed by atoms with Gasteiger partial charge >= 0.3 is 0 Å². The minimum absolute atomic E-state index is 0.840. The Hall–Kier alpha value is -0.830. The van der Waals surface area contributed by atoms with Crippen LogP contribution in [0, 0.1) is 0 Å². The van der Waals surface area contributed by atoms with Gasteiger partial charge in [-0.2, -0.15) is 0 Å². The van der Waals surface area contributed by atoms with Crippen LogP contribution >= 0.6 is 12.6 Å². The van der Waals surface area contributed by atoms with Gasteiger partial charge < -0.3 is 10.1 Å². The van der Waals surface area contributed by atoms with Crippen molar-refractivity contribution in [3.05, 3.63) is 18.2 Å². The largest absolute Gasteiger partial charge is 0.497 e. The highest BCUT2D eigenvalue weighted by Crippen LogP contribution is 2.24. The minimum atomic E-state index is 0.840. The molecule has 0 saturated carbocycles. The molecule has 1 rings (SSSR count). The van der Waals surface area contributed by atoms with Gasteiger partial charge in [-0.05, 0) is 12.1 Å². The number of hydrogen-bond acceptors (Lipinski definition) is 3. The first-order chi connectivity index (χ1) is 5.27. The van der Waals surface area contributed by atoms with E-state index in [0.717, 1.165) is 16.3 Å². The Kier molecular flexibility index (Phi) is 2.65. The van der Waals surface area contributed by atoms with Crippen molar-refractivity contribution in [2.45, 2.75) is 4.90 Å². The standard InChI is InChI=1S/C8H11NOS/c1-9-7-5-6(10-2)3-4-8(7)11/h3-5,9,11H,1-2H3. The van der Waals surface area contributed by atoms with E-state index in [4.69, 9.17) is 4.74 Å². The maximum atomic E-state index is 5.04. The molecule has 0 radical (unpaired) electrons. The monoisotopic (exact) mass is 169 g/mol. The Labute approximate surface area is 72.0 Å². The van der Waals surface area contributed by atoms with Gasteiger partial charge in [0.05, 0.1) is 12.8 Å². The average Bonchev–Trinajstić information content (AvgIpc) is 2.05. The zero-order valence-electron chi connectivity index (χ0n) is 6.59. The van der Waals surface area contributed by atoms with Gasteiger partial charge in [0.15, 0.2) is 0 Å². The zero-order valence-corrected chi connectivity index (χ0v) is 7.48. The molecule has 0 heterocycles. The van der Waals surface area contributed by atoms with E-state index in [2.05, 4.69) is 17.9 Å². The molecule has 0 spiro atoms. The van der Waals surface area contributed by atoms with Gasteiger partial charge in [-0.3, -0.25) is 0 Å². The smallest absolute Gasteiger partial charge is 0.121 e. The summed E-state index contributed by atoms with van der Waals surface area (Å²) in [5.41, 5.74) is 0.979. The lowest BCUT2D eigenvalue weighted by Gasteiger charge is -2.05. The van der Waals surface area contributed by atoms with Crippen LogP contribution in [0.2, 0.25) is 0 Å². The number of methoxy groups -OCH3 is 1. The topological polar surface area (TPSA) is 21.3 Å². The maximum absolute atomic E-state index is 5.04. The third-order valence-electron chi connectivity index (χ3n) is 1.47. The van der Waals surface area contributed by atoms with E-state index >= 15 is 0 Å². The highest BCUT2D eigenvalue weighted by molar-refractivity contribution is 7.80. The molecule has 11 heavy (non-hydrogen) atoms. The summed E-state index contributed by atoms with van der Waals surface area (Å²) in [6, 6.07) is 5.68. The molecule has 60 valence electrons. The van der Waals surface area contributed by atoms with E-state index in [-0.39, 0.29) is 0 Å². The Balaban J connectivity index is 3.02. The molecule has 0 aliphatic rings. The molecule has 3 heteroatoms. The molecule has 0 aliphatic carbocycles. The number of rotatable bonds is 2. The Morgan fingerprint density at radius 2 is 2.18 bits per heavy atom. The summed E-state index contributed by atoms with van der Waals surface area (Å²) in [5.74, 6) is 0.840. The van der Waals surface area contributed by atoms with Gasteiger partial charge in [-0.25, -0.2) is 0 Å². The molecule has 0 fully saturated rings. The Bertz CT molecular complexity index is 250. The lowest BCUT2D eigenvalue weighted by Crippen LogP contribution is -1.90. The van der Waals surface area contributed by atoms with E-state index in [9.17, 15) is 0 Å². The van der Waals surface area contributed by atoms with Gasteiger partial charge in [-0.1, -0.05) is 0 Å². The van der Waals surface area contributed by atoms with Crippen molar-refractivity contribution in [1.82, 2.24) is 0 Å². The van der Waals surface area contributed by atoms with Gasteiger partial charge in [0, 0.05) is 18.0 Å². The van der Waals surface area contributed by atoms with Crippen LogP contribution in [-0.4, -0.2) is 14.2 Å². The highest BCUT2D eigenvalue weighted by atomic mass is 32.1. The Morgan fingerprint density at radius 3 is 2.73 bits per heavy atom. The van der Waals surface area contributed by atoms with E-state index < -0.39 is 0 Å². The molecule has 0 saturated heterocycles. The van der Waals surface area contributed by atoms with Crippen LogP contribution in [0.4, 0.5) is 5.69 Å². The first-order valence-electron chi connectivity index (χ1n) is 3.32. The van der Waals surface area contributed by atoms with Crippen molar-refractivity contribution in [3.63, 3.8) is 0 Å². The number of hydrogen-bond donors (Lipinski definition) is 2. The molecule has 0 amide bonds. The summed E-state index contributed by atoms with van der Waals surface area (Å²) in [6.07, 6.45) is 0. The van der Waals surface area contributed by atoms with Crippen molar-refractivity contribution in [3.8, 4) is 5.75 Å². The molecular formula is C8H11NOS. The van der Waals surface area contributed by atoms with Crippen molar-refractivity contribution in [1.29, 1.82) is 0 Å². The van der Waals surface area contributed by atoms with E-state index in [1.807, 2.05) is 25.2 Å². The number of benzene rings is 1. The van der Waals surface area contributed by atoms with Crippen LogP contribution in [0.15, 0.2) is 23.1 Å². The van der Waals surface area contributed by atoms with Gasteiger partial charge in [0.2, 0.25) is 0 Å². The third-order valence-corrected chi connectivity index (χ3v) is 1.86. The fraction of sp³-hybridized carbons (Fsp3) is 0.250. The summed E-state index contributed by atoms with van der Waals surface area (Å²) >= 11 is 4.25. The van der Waals surface area contributed by atoms with Crippen LogP contribution in [0.25, 0.3) is 0 Å². The molecule has 1 aromatic rings. The summed E-state index contributed by atoms with van der Waals surface area (Å²) in [4.78, 5) is 0.924. The van der Waals surface area contributed by atoms with Gasteiger partial charge in [0.1, 0.15) is 5.75 Å². The average molecular weight is 169 g/mol. The van der Waals surface area contributed by atoms with Gasteiger partial charge in [0.25, 0.3) is 0 Å². The summed E-state index contributed by atoms with van der Waals surface area (Å²) in [6.45, 7) is 0. The van der Waals surface area contributed by atoms with E-state index in [1.54, 1.807) is 7.11 Å². The van der Waals surface area contributed by atoms with Crippen molar-refractivity contribution < 1.29 is 4.74 Å². The predicted molar refractivity (Wildman–Crippen MR) is 49.8 cm³/mol. The maximum Gasteiger partial charge on any atom is 0.121 e. The number of nitrogens with one attached hydrogen (secondary N) is 1. The van der Waals surface area contributed by atoms with E-state index in [0.29, 0.717) is 0 Å². The second-order valence-corrected chi connectivity index (χ2v) is 2.61. The summed E-state index contributed by atoms with van der Waals surface area (Å²) in [5, 5.41) is 3.01. The van der Waals surface area contributed by atoms with Crippen LogP contribution in [0.3, 0.4) is 0 Å². The molecule has 0 aliphatic heterocycles. The SMILES string of the molecule is CNc1cc(OC)ccc1S. The van der Waals surface area contributed by atoms with Crippen molar-refractivity contribution in [2.75, 3.05) is 19.5 Å². The second-order valence-electron chi connectivity index (χ2n) is 2.13. The fourth-order valence-corrected chi connectivity index (χ4v) is 1.09.